The molecule has 1 aliphatic heterocycles. The summed E-state index contributed by atoms with van der Waals surface area (Å²) in [4.78, 5) is 43.6. The maximum Gasteiger partial charge on any atom is 0.244 e. The number of halogens is 3. The molecule has 1 aliphatic rings. The van der Waals surface area contributed by atoms with E-state index in [0.717, 1.165) is 74.2 Å². The van der Waals surface area contributed by atoms with Crippen LogP contribution in [0.25, 0.3) is 22.1 Å². The second kappa shape index (κ2) is 27.6. The van der Waals surface area contributed by atoms with Crippen molar-refractivity contribution >= 4 is 74.8 Å². The van der Waals surface area contributed by atoms with Crippen LogP contribution in [-0.4, -0.2) is 83.2 Å². The van der Waals surface area contributed by atoms with Gasteiger partial charge in [0.05, 0.1) is 23.5 Å². The second-order valence-corrected chi connectivity index (χ2v) is 14.2. The van der Waals surface area contributed by atoms with E-state index >= 15 is 0 Å². The zero-order valence-corrected chi connectivity index (χ0v) is 35.3. The van der Waals surface area contributed by atoms with Crippen LogP contribution in [-0.2, 0) is 11.3 Å². The van der Waals surface area contributed by atoms with Crippen molar-refractivity contribution in [1.82, 2.24) is 44.8 Å². The molecule has 0 unspecified atom stereocenters. The first-order chi connectivity index (χ1) is 28.3. The van der Waals surface area contributed by atoms with Gasteiger partial charge in [-0.1, -0.05) is 64.5 Å². The van der Waals surface area contributed by atoms with Gasteiger partial charge in [0, 0.05) is 71.9 Å². The van der Waals surface area contributed by atoms with E-state index in [1.165, 1.54) is 0 Å². The summed E-state index contributed by atoms with van der Waals surface area (Å²) in [5.41, 5.74) is 18.3. The first-order valence-electron chi connectivity index (χ1n) is 18.1. The molecule has 15 nitrogen and oxygen atoms in total. The number of anilines is 1. The number of nitrogens with zero attached hydrogens (tertiary/aromatic N) is 10. The van der Waals surface area contributed by atoms with E-state index in [-0.39, 0.29) is 53.9 Å². The molecule has 3 N–H and O–H groups in total. The Morgan fingerprint density at radius 2 is 1.33 bits per heavy atom. The molecule has 7 heterocycles. The van der Waals surface area contributed by atoms with Crippen LogP contribution in [0.3, 0.4) is 0 Å². The number of aryl methyl sites for hydroxylation is 5. The van der Waals surface area contributed by atoms with Crippen molar-refractivity contribution in [2.45, 2.75) is 70.9 Å². The number of aldehydes is 1. The third kappa shape index (κ3) is 16.1. The van der Waals surface area contributed by atoms with Gasteiger partial charge in [-0.25, -0.2) is 35.7 Å². The number of nitrogens with one attached hydrogen (secondary N) is 3. The number of fused-ring (bicyclic) bond motifs is 2. The number of aromatic nitrogens is 8. The van der Waals surface area contributed by atoms with Crippen molar-refractivity contribution in [2.24, 2.45) is 0 Å². The van der Waals surface area contributed by atoms with Crippen molar-refractivity contribution in [3.8, 4) is 6.07 Å². The number of carbonyl (C=O) groups is 2. The van der Waals surface area contributed by atoms with Crippen LogP contribution in [0, 0.1) is 57.0 Å². The minimum Gasteiger partial charge on any atom is -0.368 e. The van der Waals surface area contributed by atoms with Crippen LogP contribution in [0.1, 0.15) is 75.4 Å². The van der Waals surface area contributed by atoms with Gasteiger partial charge < -0.3 is 9.80 Å². The number of amides is 1. The van der Waals surface area contributed by atoms with Crippen LogP contribution in [0.5, 0.6) is 0 Å². The Bertz CT molecular complexity index is 2570. The summed E-state index contributed by atoms with van der Waals surface area (Å²) in [6.07, 6.45) is 4.21. The smallest absolute Gasteiger partial charge is 0.244 e. The molecule has 18 heteroatoms. The van der Waals surface area contributed by atoms with E-state index in [4.69, 9.17) is 51.1 Å². The molecule has 8 rings (SSSR count). The molecular weight excluding hydrogens is 861 g/mol. The second-order valence-electron chi connectivity index (χ2n) is 13.1. The van der Waals surface area contributed by atoms with E-state index in [2.05, 4.69) is 46.2 Å². The van der Waals surface area contributed by atoms with E-state index < -0.39 is 0 Å². The van der Waals surface area contributed by atoms with Crippen molar-refractivity contribution in [3.63, 3.8) is 0 Å². The predicted molar refractivity (Wildman–Crippen MR) is 258 cm³/mol. The number of pyridine rings is 4. The minimum absolute atomic E-state index is 0. The minimum atomic E-state index is 0. The SMILES string of the molecule is C.C.C.C.Cc1ccc(C#N)c(Cl)n1.Cc1ccc(C=O)c(Cl)n1.Cc1ccc2cn[nH]c2n1.Cc1ccc2cnn(CC(=O)N3CCN(c4ccc(Cl)c(C)c4)CC3)c2n1.N=N.[HH]. The van der Waals surface area contributed by atoms with Crippen molar-refractivity contribution < 1.29 is 11.0 Å². The molecule has 1 saturated heterocycles. The number of rotatable bonds is 4. The Morgan fingerprint density at radius 1 is 0.762 bits per heavy atom. The molecule has 6 aromatic heterocycles. The fourth-order valence-corrected chi connectivity index (χ4v) is 6.18. The van der Waals surface area contributed by atoms with Gasteiger partial charge >= 0.3 is 0 Å². The molecule has 0 atom stereocenters. The van der Waals surface area contributed by atoms with E-state index in [9.17, 15) is 9.59 Å². The highest BCUT2D eigenvalue weighted by atomic mass is 35.5. The van der Waals surface area contributed by atoms with E-state index in [0.29, 0.717) is 30.5 Å². The molecule has 1 aromatic carbocycles. The third-order valence-electron chi connectivity index (χ3n) is 8.74. The summed E-state index contributed by atoms with van der Waals surface area (Å²) in [7, 11) is 0. The van der Waals surface area contributed by atoms with Crippen molar-refractivity contribution in [3.05, 3.63) is 134 Å². The molecule has 63 heavy (non-hydrogen) atoms. The summed E-state index contributed by atoms with van der Waals surface area (Å²) in [6, 6.07) is 22.7. The number of benzene rings is 1. The lowest BCUT2D eigenvalue weighted by molar-refractivity contribution is -0.132. The number of carbonyl (C=O) groups excluding carboxylic acids is 2. The molecule has 0 radical (unpaired) electrons. The summed E-state index contributed by atoms with van der Waals surface area (Å²) in [5, 5.41) is 22.8. The first kappa shape index (κ1) is 56.7. The Balaban J connectivity index is 0. The number of aromatic amines is 1. The van der Waals surface area contributed by atoms with Gasteiger partial charge in [-0.05, 0) is 107 Å². The maximum absolute atomic E-state index is 12.7. The Hall–Kier alpha value is -6.34. The van der Waals surface area contributed by atoms with E-state index in [1.807, 2.05) is 82.0 Å². The lowest BCUT2D eigenvalue weighted by Gasteiger charge is -2.36. The number of nitriles is 1. The standard InChI is InChI=1S/C20H22ClN5O.C7H5ClN2.C7H6ClNO.C7H7N3.4CH4.H2N2.H2/c1-14-11-17(5-6-18(14)21)24-7-9-25(10-8-24)19(27)13-26-20-16(12-22-26)4-3-15(2)23-20;1-5-2-3-6(4-9)7(8)10-5;1-5-2-3-6(4-10)7(8)9-5;1-5-2-3-6-4-8-10-7(6)9-5;;;;;1-2;/h3-6,11-12H,7-10,13H2,1-2H3;2-3H,1H3;2-4H,1H3;2-4H,1H3,(H,8,9,10);4*1H4;1-2H;1H. The van der Waals surface area contributed by atoms with Gasteiger partial charge in [0.25, 0.3) is 0 Å². The number of hydrogen-bond donors (Lipinski definition) is 3. The van der Waals surface area contributed by atoms with Gasteiger partial charge in [-0.2, -0.15) is 15.5 Å². The van der Waals surface area contributed by atoms with Gasteiger partial charge in [-0.3, -0.25) is 14.7 Å². The highest BCUT2D eigenvalue weighted by Crippen LogP contribution is 2.24. The van der Waals surface area contributed by atoms with Crippen LogP contribution in [0.15, 0.2) is 79.1 Å². The van der Waals surface area contributed by atoms with Crippen molar-refractivity contribution in [1.29, 1.82) is 16.3 Å². The lowest BCUT2D eigenvalue weighted by Crippen LogP contribution is -2.49. The van der Waals surface area contributed by atoms with Crippen LogP contribution >= 0.6 is 34.8 Å². The lowest BCUT2D eigenvalue weighted by atomic mass is 10.2. The summed E-state index contributed by atoms with van der Waals surface area (Å²) >= 11 is 17.3. The first-order valence-corrected chi connectivity index (χ1v) is 19.2. The van der Waals surface area contributed by atoms with Crippen LogP contribution in [0.2, 0.25) is 15.3 Å². The van der Waals surface area contributed by atoms with Crippen LogP contribution in [0.4, 0.5) is 5.69 Å². The van der Waals surface area contributed by atoms with Gasteiger partial charge in [0.1, 0.15) is 22.9 Å². The predicted octanol–water partition coefficient (Wildman–Crippen LogP) is 11.5. The normalized spacial score (nSPS) is 11.0. The highest BCUT2D eigenvalue weighted by molar-refractivity contribution is 6.32. The number of piperazine rings is 1. The zero-order valence-electron chi connectivity index (χ0n) is 33.0. The fourth-order valence-electron chi connectivity index (χ4n) is 5.59. The molecule has 1 fully saturated rings. The zero-order chi connectivity index (χ0) is 43.1. The largest absolute Gasteiger partial charge is 0.368 e. The molecule has 0 spiro atoms. The quantitative estimate of drug-likeness (QED) is 0.0863. The molecular formula is C45H60Cl3N13O2. The number of hydrogen-bond acceptors (Lipinski definition) is 12. The number of H-pyrrole nitrogens is 1. The molecule has 1 amide bonds. The van der Waals surface area contributed by atoms with Crippen molar-refractivity contribution in [2.75, 3.05) is 31.1 Å². The monoisotopic (exact) mass is 919 g/mol. The maximum atomic E-state index is 12.7. The average Bonchev–Trinajstić information content (AvgIpc) is 3.87. The van der Waals surface area contributed by atoms with Gasteiger partial charge in [0.15, 0.2) is 17.6 Å². The van der Waals surface area contributed by atoms with Gasteiger partial charge in [-0.15, -0.1) is 0 Å². The molecule has 338 valence electrons. The molecule has 0 bridgehead atoms. The third-order valence-corrected chi connectivity index (χ3v) is 9.76. The van der Waals surface area contributed by atoms with E-state index in [1.54, 1.807) is 41.3 Å². The summed E-state index contributed by atoms with van der Waals surface area (Å²) in [6.45, 7) is 12.8. The molecule has 0 aliphatic carbocycles. The summed E-state index contributed by atoms with van der Waals surface area (Å²) < 4.78 is 1.69. The highest BCUT2D eigenvalue weighted by Gasteiger charge is 2.22. The van der Waals surface area contributed by atoms with Gasteiger partial charge in [0.2, 0.25) is 5.91 Å². The Labute approximate surface area is 387 Å². The average molecular weight is 921 g/mol. The molecule has 0 saturated carbocycles. The Morgan fingerprint density at radius 3 is 1.92 bits per heavy atom. The Kier molecular flexibility index (Phi) is 24.8. The van der Waals surface area contributed by atoms with Crippen LogP contribution < -0.4 is 4.90 Å². The molecule has 7 aromatic rings. The summed E-state index contributed by atoms with van der Waals surface area (Å²) in [5.74, 6) is 0.0789. The topological polar surface area (TPSA) is 210 Å². The fraction of sp³-hybridized carbons (Fsp3) is 0.311.